The minimum Gasteiger partial charge on any atom is -0.376 e. The molecule has 0 atom stereocenters. The molecule has 2 aromatic rings. The fourth-order valence-corrected chi connectivity index (χ4v) is 2.45. The van der Waals surface area contributed by atoms with E-state index in [1.165, 1.54) is 0 Å². The minimum atomic E-state index is -0.168. The molecule has 0 bridgehead atoms. The molecule has 2 rings (SSSR count). The maximum absolute atomic E-state index is 11.7. The van der Waals surface area contributed by atoms with Crippen molar-refractivity contribution in [2.45, 2.75) is 13.8 Å². The third kappa shape index (κ3) is 3.93. The number of nitrogens with one attached hydrogen (secondary N) is 2. The van der Waals surface area contributed by atoms with E-state index in [0.29, 0.717) is 0 Å². The molecule has 0 fully saturated rings. The van der Waals surface area contributed by atoms with E-state index >= 15 is 0 Å². The van der Waals surface area contributed by atoms with Crippen LogP contribution in [-0.4, -0.2) is 18.7 Å². The van der Waals surface area contributed by atoms with Crippen LogP contribution in [-0.2, 0) is 4.79 Å². The molecule has 20 heavy (non-hydrogen) atoms. The quantitative estimate of drug-likeness (QED) is 0.656. The number of rotatable bonds is 5. The lowest BCUT2D eigenvalue weighted by Gasteiger charge is -2.07. The number of anilines is 1. The second-order valence-electron chi connectivity index (χ2n) is 4.43. The zero-order valence-corrected chi connectivity index (χ0v) is 12.3. The van der Waals surface area contributed by atoms with Gasteiger partial charge in [-0.3, -0.25) is 4.79 Å². The number of carbonyl (C=O) groups excluding carboxylic acids is 1. The van der Waals surface area contributed by atoms with E-state index in [0.717, 1.165) is 21.7 Å². The Bertz CT molecular complexity index is 619. The molecule has 0 aliphatic carbocycles. The highest BCUT2D eigenvalue weighted by Gasteiger charge is 2.01. The van der Waals surface area contributed by atoms with E-state index in [-0.39, 0.29) is 12.5 Å². The van der Waals surface area contributed by atoms with Crippen molar-refractivity contribution in [2.75, 3.05) is 11.9 Å². The van der Waals surface area contributed by atoms with Gasteiger partial charge in [-0.1, -0.05) is 18.2 Å². The number of nitrogens with zero attached hydrogens (tertiary/aromatic N) is 1. The Labute approximate surface area is 122 Å². The number of benzene rings is 1. The van der Waals surface area contributed by atoms with E-state index < -0.39 is 0 Å². The van der Waals surface area contributed by atoms with Crippen molar-refractivity contribution < 1.29 is 4.79 Å². The molecule has 1 aromatic heterocycles. The molecule has 1 aromatic carbocycles. The van der Waals surface area contributed by atoms with Gasteiger partial charge in [-0.25, -0.2) is 5.43 Å². The first-order valence-electron chi connectivity index (χ1n) is 6.32. The topological polar surface area (TPSA) is 53.5 Å². The van der Waals surface area contributed by atoms with Crippen molar-refractivity contribution in [3.05, 3.63) is 51.7 Å². The molecule has 4 nitrogen and oxygen atoms in total. The molecule has 2 N–H and O–H groups in total. The Morgan fingerprint density at radius 1 is 1.25 bits per heavy atom. The van der Waals surface area contributed by atoms with Gasteiger partial charge in [0.05, 0.1) is 12.8 Å². The van der Waals surface area contributed by atoms with E-state index in [4.69, 9.17) is 0 Å². The number of amides is 1. The summed E-state index contributed by atoms with van der Waals surface area (Å²) in [7, 11) is 0. The van der Waals surface area contributed by atoms with E-state index in [9.17, 15) is 4.79 Å². The van der Waals surface area contributed by atoms with Crippen LogP contribution >= 0.6 is 11.3 Å². The number of para-hydroxylation sites is 1. The van der Waals surface area contributed by atoms with Gasteiger partial charge in [0.25, 0.3) is 5.91 Å². The summed E-state index contributed by atoms with van der Waals surface area (Å²) in [5.74, 6) is -0.168. The third-order valence-electron chi connectivity index (χ3n) is 2.86. The van der Waals surface area contributed by atoms with Crippen molar-refractivity contribution in [2.24, 2.45) is 5.10 Å². The summed E-state index contributed by atoms with van der Waals surface area (Å²) in [4.78, 5) is 12.7. The first-order valence-corrected chi connectivity index (χ1v) is 7.20. The van der Waals surface area contributed by atoms with Gasteiger partial charge >= 0.3 is 0 Å². The summed E-state index contributed by atoms with van der Waals surface area (Å²) in [6, 6.07) is 9.87. The van der Waals surface area contributed by atoms with Gasteiger partial charge < -0.3 is 5.32 Å². The summed E-state index contributed by atoms with van der Waals surface area (Å²) in [6.45, 7) is 4.21. The van der Waals surface area contributed by atoms with Crippen LogP contribution in [0.5, 0.6) is 0 Å². The minimum absolute atomic E-state index is 0.168. The summed E-state index contributed by atoms with van der Waals surface area (Å²) in [6.07, 6.45) is 1.67. The van der Waals surface area contributed by atoms with Crippen LogP contribution in [0.4, 0.5) is 5.69 Å². The van der Waals surface area contributed by atoms with Gasteiger partial charge in [-0.2, -0.15) is 5.10 Å². The average Bonchev–Trinajstić information content (AvgIpc) is 2.84. The fourth-order valence-electron chi connectivity index (χ4n) is 1.67. The Kier molecular flexibility index (Phi) is 4.90. The van der Waals surface area contributed by atoms with Crippen molar-refractivity contribution in [1.82, 2.24) is 5.43 Å². The number of hydrogen-bond acceptors (Lipinski definition) is 4. The Morgan fingerprint density at radius 3 is 2.75 bits per heavy atom. The molecule has 0 spiro atoms. The van der Waals surface area contributed by atoms with Gasteiger partial charge in [0.2, 0.25) is 0 Å². The normalized spacial score (nSPS) is 10.7. The summed E-state index contributed by atoms with van der Waals surface area (Å²) in [5.41, 5.74) is 5.74. The van der Waals surface area contributed by atoms with Crippen LogP contribution in [0.3, 0.4) is 0 Å². The maximum atomic E-state index is 11.7. The van der Waals surface area contributed by atoms with Crippen LogP contribution < -0.4 is 10.7 Å². The monoisotopic (exact) mass is 287 g/mol. The van der Waals surface area contributed by atoms with Gasteiger partial charge in [-0.05, 0) is 42.5 Å². The highest BCUT2D eigenvalue weighted by atomic mass is 32.1. The Hall–Kier alpha value is -2.14. The SMILES string of the molecule is Cc1ccccc1NCC(=O)N/N=C/c1sccc1C. The second-order valence-corrected chi connectivity index (χ2v) is 5.38. The molecule has 5 heteroatoms. The molecule has 0 saturated heterocycles. The molecule has 0 saturated carbocycles. The summed E-state index contributed by atoms with van der Waals surface area (Å²) in [5, 5.41) is 9.04. The first-order chi connectivity index (χ1) is 9.66. The molecular weight excluding hydrogens is 270 g/mol. The van der Waals surface area contributed by atoms with Crippen molar-refractivity contribution in [3.63, 3.8) is 0 Å². The average molecular weight is 287 g/mol. The smallest absolute Gasteiger partial charge is 0.259 e. The number of hydrogen-bond donors (Lipinski definition) is 2. The first kappa shape index (κ1) is 14.3. The predicted molar refractivity (Wildman–Crippen MR) is 84.5 cm³/mol. The van der Waals surface area contributed by atoms with Crippen molar-refractivity contribution >= 4 is 29.1 Å². The second kappa shape index (κ2) is 6.86. The lowest BCUT2D eigenvalue weighted by Crippen LogP contribution is -2.26. The largest absolute Gasteiger partial charge is 0.376 e. The third-order valence-corrected chi connectivity index (χ3v) is 3.81. The molecule has 0 radical (unpaired) electrons. The van der Waals surface area contributed by atoms with Crippen molar-refractivity contribution in [1.29, 1.82) is 0 Å². The zero-order valence-electron chi connectivity index (χ0n) is 11.5. The highest BCUT2D eigenvalue weighted by Crippen LogP contribution is 2.13. The van der Waals surface area contributed by atoms with Crippen LogP contribution in [0, 0.1) is 13.8 Å². The van der Waals surface area contributed by atoms with Crippen LogP contribution in [0.2, 0.25) is 0 Å². The van der Waals surface area contributed by atoms with Gasteiger partial charge in [0, 0.05) is 10.6 Å². The highest BCUT2D eigenvalue weighted by molar-refractivity contribution is 7.11. The molecule has 0 aliphatic heterocycles. The number of thiophene rings is 1. The number of carbonyl (C=O) groups is 1. The van der Waals surface area contributed by atoms with Crippen LogP contribution in [0.15, 0.2) is 40.8 Å². The van der Waals surface area contributed by atoms with Crippen LogP contribution in [0.25, 0.3) is 0 Å². The van der Waals surface area contributed by atoms with E-state index in [1.807, 2.05) is 49.6 Å². The molecular formula is C15H17N3OS. The molecule has 1 heterocycles. The standard InChI is InChI=1S/C15H17N3OS/c1-11-5-3-4-6-13(11)16-10-15(19)18-17-9-14-12(2)7-8-20-14/h3-9,16H,10H2,1-2H3,(H,18,19)/b17-9+. The van der Waals surface area contributed by atoms with Crippen LogP contribution in [0.1, 0.15) is 16.0 Å². The molecule has 0 unspecified atom stereocenters. The lowest BCUT2D eigenvalue weighted by molar-refractivity contribution is -0.119. The van der Waals surface area contributed by atoms with Gasteiger partial charge in [0.1, 0.15) is 0 Å². The molecule has 104 valence electrons. The van der Waals surface area contributed by atoms with Gasteiger partial charge in [0.15, 0.2) is 0 Å². The van der Waals surface area contributed by atoms with Gasteiger partial charge in [-0.15, -0.1) is 11.3 Å². The molecule has 1 amide bonds. The number of hydrazone groups is 1. The fraction of sp³-hybridized carbons (Fsp3) is 0.200. The lowest BCUT2D eigenvalue weighted by atomic mass is 10.2. The molecule has 0 aliphatic rings. The number of aryl methyl sites for hydroxylation is 2. The zero-order chi connectivity index (χ0) is 14.4. The summed E-state index contributed by atoms with van der Waals surface area (Å²) >= 11 is 1.60. The Balaban J connectivity index is 1.80. The predicted octanol–water partition coefficient (Wildman–Crippen LogP) is 2.93. The van der Waals surface area contributed by atoms with Crippen molar-refractivity contribution in [3.8, 4) is 0 Å². The van der Waals surface area contributed by atoms with E-state index in [1.54, 1.807) is 17.6 Å². The van der Waals surface area contributed by atoms with E-state index in [2.05, 4.69) is 15.8 Å². The summed E-state index contributed by atoms with van der Waals surface area (Å²) < 4.78 is 0. The Morgan fingerprint density at radius 2 is 2.05 bits per heavy atom. The maximum Gasteiger partial charge on any atom is 0.259 e.